The van der Waals surface area contributed by atoms with Crippen molar-refractivity contribution in [1.29, 1.82) is 0 Å². The van der Waals surface area contributed by atoms with Gasteiger partial charge in [0.25, 0.3) is 0 Å². The summed E-state index contributed by atoms with van der Waals surface area (Å²) in [6.07, 6.45) is 3.94. The molecule has 5 nitrogen and oxygen atoms in total. The number of oxime groups is 1. The highest BCUT2D eigenvalue weighted by molar-refractivity contribution is 5.94. The van der Waals surface area contributed by atoms with Crippen molar-refractivity contribution >= 4 is 11.7 Å². The second-order valence-corrected chi connectivity index (χ2v) is 6.25. The Morgan fingerprint density at radius 2 is 1.71 bits per heavy atom. The first kappa shape index (κ1) is 16.0. The fraction of sp³-hybridized carbons (Fsp3) is 0.857. The molecule has 7 heteroatoms. The Labute approximate surface area is 122 Å². The summed E-state index contributed by atoms with van der Waals surface area (Å²) in [5, 5.41) is 14.9. The third-order valence-corrected chi connectivity index (χ3v) is 4.76. The van der Waals surface area contributed by atoms with Gasteiger partial charge in [0.15, 0.2) is 5.84 Å². The van der Waals surface area contributed by atoms with Crippen LogP contribution in [0.2, 0.25) is 0 Å². The van der Waals surface area contributed by atoms with E-state index < -0.39 is 17.4 Å². The number of amidine groups is 1. The van der Waals surface area contributed by atoms with Gasteiger partial charge in [0.1, 0.15) is 5.54 Å². The van der Waals surface area contributed by atoms with Gasteiger partial charge in [0, 0.05) is 18.8 Å². The van der Waals surface area contributed by atoms with Crippen LogP contribution in [-0.2, 0) is 4.79 Å². The molecule has 0 spiro atoms. The zero-order valence-corrected chi connectivity index (χ0v) is 12.1. The number of nitrogens with zero attached hydrogens (tertiary/aromatic N) is 1. The second kappa shape index (κ2) is 6.15. The number of halogens is 2. The van der Waals surface area contributed by atoms with E-state index >= 15 is 0 Å². The number of hydrogen-bond acceptors (Lipinski definition) is 3. The fourth-order valence-electron chi connectivity index (χ4n) is 3.34. The molecular formula is C14H23F2N3O2. The summed E-state index contributed by atoms with van der Waals surface area (Å²) in [6.45, 7) is 0. The van der Waals surface area contributed by atoms with Gasteiger partial charge in [-0.1, -0.05) is 24.4 Å². The summed E-state index contributed by atoms with van der Waals surface area (Å²) in [6, 6.07) is 0. The summed E-state index contributed by atoms with van der Waals surface area (Å²) in [7, 11) is 0. The summed E-state index contributed by atoms with van der Waals surface area (Å²) in [4.78, 5) is 12.4. The lowest BCUT2D eigenvalue weighted by atomic mass is 9.79. The van der Waals surface area contributed by atoms with Gasteiger partial charge in [0.05, 0.1) is 0 Å². The van der Waals surface area contributed by atoms with Gasteiger partial charge in [-0.3, -0.25) is 4.79 Å². The average Bonchev–Trinajstić information content (AvgIpc) is 2.47. The monoisotopic (exact) mass is 303 g/mol. The van der Waals surface area contributed by atoms with E-state index in [-0.39, 0.29) is 37.4 Å². The highest BCUT2D eigenvalue weighted by Crippen LogP contribution is 2.37. The predicted octanol–water partition coefficient (Wildman–Crippen LogP) is 2.38. The minimum absolute atomic E-state index is 0.0108. The van der Waals surface area contributed by atoms with Crippen molar-refractivity contribution in [2.24, 2.45) is 16.8 Å². The Morgan fingerprint density at radius 3 is 2.24 bits per heavy atom. The molecule has 0 aromatic rings. The van der Waals surface area contributed by atoms with E-state index in [2.05, 4.69) is 10.5 Å². The van der Waals surface area contributed by atoms with Crippen LogP contribution >= 0.6 is 0 Å². The summed E-state index contributed by atoms with van der Waals surface area (Å²) >= 11 is 0. The Kier molecular flexibility index (Phi) is 4.68. The van der Waals surface area contributed by atoms with Crippen molar-refractivity contribution in [3.05, 3.63) is 0 Å². The summed E-state index contributed by atoms with van der Waals surface area (Å²) in [5.41, 5.74) is 4.95. The van der Waals surface area contributed by atoms with Crippen LogP contribution in [-0.4, -0.2) is 28.4 Å². The minimum Gasteiger partial charge on any atom is -0.409 e. The topological polar surface area (TPSA) is 87.7 Å². The van der Waals surface area contributed by atoms with Crippen LogP contribution in [0.3, 0.4) is 0 Å². The predicted molar refractivity (Wildman–Crippen MR) is 74.3 cm³/mol. The van der Waals surface area contributed by atoms with Crippen molar-refractivity contribution in [3.8, 4) is 0 Å². The first-order chi connectivity index (χ1) is 9.88. The lowest BCUT2D eigenvalue weighted by Gasteiger charge is -2.38. The lowest BCUT2D eigenvalue weighted by Crippen LogP contribution is -2.59. The maximum absolute atomic E-state index is 13.2. The quantitative estimate of drug-likeness (QED) is 0.324. The molecule has 2 rings (SSSR count). The number of rotatable bonds is 3. The van der Waals surface area contributed by atoms with E-state index in [1.807, 2.05) is 0 Å². The molecule has 0 radical (unpaired) electrons. The molecule has 0 aromatic carbocycles. The summed E-state index contributed by atoms with van der Waals surface area (Å²) in [5.74, 6) is -3.30. The van der Waals surface area contributed by atoms with Gasteiger partial charge in [0.2, 0.25) is 11.8 Å². The molecule has 120 valence electrons. The molecule has 2 saturated carbocycles. The number of alkyl halides is 2. The van der Waals surface area contributed by atoms with Crippen molar-refractivity contribution in [1.82, 2.24) is 5.32 Å². The van der Waals surface area contributed by atoms with Crippen LogP contribution in [0.5, 0.6) is 0 Å². The number of hydrogen-bond donors (Lipinski definition) is 3. The van der Waals surface area contributed by atoms with Crippen LogP contribution in [0, 0.1) is 5.92 Å². The van der Waals surface area contributed by atoms with Crippen LogP contribution in [0.4, 0.5) is 8.78 Å². The molecule has 21 heavy (non-hydrogen) atoms. The molecule has 4 N–H and O–H groups in total. The third-order valence-electron chi connectivity index (χ3n) is 4.76. The zero-order valence-electron chi connectivity index (χ0n) is 12.1. The fourth-order valence-corrected chi connectivity index (χ4v) is 3.34. The molecular weight excluding hydrogens is 280 g/mol. The third kappa shape index (κ3) is 3.63. The smallest absolute Gasteiger partial charge is 0.248 e. The van der Waals surface area contributed by atoms with E-state index in [1.165, 1.54) is 0 Å². The first-order valence-electron chi connectivity index (χ1n) is 7.56. The van der Waals surface area contributed by atoms with E-state index in [0.29, 0.717) is 12.8 Å². The van der Waals surface area contributed by atoms with Gasteiger partial charge >= 0.3 is 0 Å². The van der Waals surface area contributed by atoms with Gasteiger partial charge in [-0.05, 0) is 25.7 Å². The first-order valence-corrected chi connectivity index (χ1v) is 7.56. The van der Waals surface area contributed by atoms with Gasteiger partial charge in [-0.15, -0.1) is 0 Å². The van der Waals surface area contributed by atoms with E-state index in [0.717, 1.165) is 19.3 Å². The van der Waals surface area contributed by atoms with E-state index in [1.54, 1.807) is 0 Å². The molecule has 0 aromatic heterocycles. The number of nitrogens with two attached hydrogens (primary N) is 1. The second-order valence-electron chi connectivity index (χ2n) is 6.25. The van der Waals surface area contributed by atoms with Crippen molar-refractivity contribution in [2.45, 2.75) is 69.2 Å². The van der Waals surface area contributed by atoms with Crippen molar-refractivity contribution in [2.75, 3.05) is 0 Å². The molecule has 0 aliphatic heterocycles. The molecule has 0 bridgehead atoms. The lowest BCUT2D eigenvalue weighted by molar-refractivity contribution is -0.130. The van der Waals surface area contributed by atoms with Crippen LogP contribution in [0.1, 0.15) is 57.8 Å². The van der Waals surface area contributed by atoms with Gasteiger partial charge < -0.3 is 16.3 Å². The van der Waals surface area contributed by atoms with Crippen LogP contribution < -0.4 is 11.1 Å². The molecule has 0 saturated heterocycles. The summed E-state index contributed by atoms with van der Waals surface area (Å²) < 4.78 is 26.3. The molecule has 0 atom stereocenters. The minimum atomic E-state index is -2.65. The van der Waals surface area contributed by atoms with Gasteiger partial charge in [-0.2, -0.15) is 0 Å². The Morgan fingerprint density at radius 1 is 1.14 bits per heavy atom. The molecule has 0 heterocycles. The number of nitrogens with one attached hydrogen (secondary N) is 1. The van der Waals surface area contributed by atoms with E-state index in [9.17, 15) is 13.6 Å². The number of carbonyl (C=O) groups is 1. The number of carbonyl (C=O) groups excluding carboxylic acids is 1. The Hall–Kier alpha value is -1.40. The maximum atomic E-state index is 13.2. The maximum Gasteiger partial charge on any atom is 0.248 e. The molecule has 0 unspecified atom stereocenters. The molecule has 1 amide bonds. The zero-order chi connectivity index (χ0) is 15.5. The highest BCUT2D eigenvalue weighted by atomic mass is 19.3. The van der Waals surface area contributed by atoms with Crippen molar-refractivity contribution < 1.29 is 18.8 Å². The van der Waals surface area contributed by atoms with Crippen molar-refractivity contribution in [3.63, 3.8) is 0 Å². The van der Waals surface area contributed by atoms with E-state index in [4.69, 9.17) is 10.9 Å². The largest absolute Gasteiger partial charge is 0.409 e. The molecule has 2 aliphatic carbocycles. The normalized spacial score (nSPS) is 26.3. The SMILES string of the molecule is NC(=NO)C1(NC(=O)C2CCC(F)(F)CC2)CCCCC1. The van der Waals surface area contributed by atoms with Crippen LogP contribution in [0.15, 0.2) is 5.16 Å². The average molecular weight is 303 g/mol. The Balaban J connectivity index is 2.02. The number of amides is 1. The highest BCUT2D eigenvalue weighted by Gasteiger charge is 2.42. The molecule has 2 aliphatic rings. The molecule has 2 fully saturated rings. The Bertz CT molecular complexity index is 410. The van der Waals surface area contributed by atoms with Crippen LogP contribution in [0.25, 0.3) is 0 Å². The standard InChI is InChI=1S/C14H23F2N3O2/c15-14(16)8-4-10(5-9-14)11(20)18-13(12(17)19-21)6-2-1-3-7-13/h10,21H,1-9H2,(H2,17,19)(H,18,20). The van der Waals surface area contributed by atoms with Gasteiger partial charge in [-0.25, -0.2) is 8.78 Å².